The number of hydrogen-bond acceptors (Lipinski definition) is 6. The topological polar surface area (TPSA) is 74.8 Å². The van der Waals surface area contributed by atoms with Crippen LogP contribution in [0, 0.1) is 0 Å². The normalized spacial score (nSPS) is 15.1. The zero-order chi connectivity index (χ0) is 31.5. The Morgan fingerprint density at radius 1 is 0.326 bits per heavy atom. The average Bonchev–Trinajstić information content (AvgIpc) is 3.48. The molecule has 6 aromatic carbocycles. The molecule has 6 nitrogen and oxygen atoms in total. The van der Waals surface area contributed by atoms with Crippen molar-refractivity contribution in [3.8, 4) is 0 Å². The lowest BCUT2D eigenvalue weighted by molar-refractivity contribution is 0.606. The molecule has 0 amide bonds. The van der Waals surface area contributed by atoms with E-state index in [1.807, 2.05) is 131 Å². The van der Waals surface area contributed by atoms with Gasteiger partial charge >= 0.3 is 0 Å². The standard InChI is InChI=1S/C38H26N2O4S2/c41-45(42)35-25-31(39(27-13-5-1-6-14-27)28-15-7-2-8-16-28)21-23-33(35)37-38(45)34-24-22-32(26-36(34)46(37,43)44)40(29-17-9-3-10-18-29)30-19-11-4-12-20-30/h1-26H. The number of rotatable bonds is 6. The molecule has 0 unspecified atom stereocenters. The fourth-order valence-corrected chi connectivity index (χ4v) is 10.7. The van der Waals surface area contributed by atoms with Crippen molar-refractivity contribution in [2.75, 3.05) is 9.80 Å². The van der Waals surface area contributed by atoms with E-state index in [0.29, 0.717) is 11.4 Å². The maximum Gasteiger partial charge on any atom is 0.209 e. The van der Waals surface area contributed by atoms with Gasteiger partial charge in [0.15, 0.2) is 0 Å². The Labute approximate surface area is 268 Å². The van der Waals surface area contributed by atoms with Crippen LogP contribution in [0.2, 0.25) is 0 Å². The van der Waals surface area contributed by atoms with E-state index < -0.39 is 19.7 Å². The summed E-state index contributed by atoms with van der Waals surface area (Å²) in [5.41, 5.74) is 4.98. The lowest BCUT2D eigenvalue weighted by Gasteiger charge is -2.26. The molecule has 0 saturated heterocycles. The van der Waals surface area contributed by atoms with Crippen molar-refractivity contribution < 1.29 is 16.8 Å². The minimum Gasteiger partial charge on any atom is -0.310 e. The monoisotopic (exact) mass is 638 g/mol. The van der Waals surface area contributed by atoms with Gasteiger partial charge in [0.25, 0.3) is 0 Å². The van der Waals surface area contributed by atoms with Gasteiger partial charge in [0.1, 0.15) is 0 Å². The molecule has 2 aliphatic rings. The zero-order valence-corrected chi connectivity index (χ0v) is 26.0. The second-order valence-electron chi connectivity index (χ2n) is 11.0. The fourth-order valence-electron chi connectivity index (χ4n) is 6.32. The van der Waals surface area contributed by atoms with E-state index in [1.54, 1.807) is 36.4 Å². The van der Waals surface area contributed by atoms with Gasteiger partial charge in [-0.15, -0.1) is 0 Å². The molecule has 0 spiro atoms. The van der Waals surface area contributed by atoms with Gasteiger partial charge in [0.05, 0.1) is 19.6 Å². The molecule has 0 atom stereocenters. The van der Waals surface area contributed by atoms with Gasteiger partial charge in [-0.2, -0.15) is 0 Å². The molecular formula is C38H26N2O4S2. The third-order valence-electron chi connectivity index (χ3n) is 8.32. The van der Waals surface area contributed by atoms with Gasteiger partial charge in [-0.05, 0) is 72.8 Å². The maximum atomic E-state index is 14.3. The molecule has 8 heteroatoms. The summed E-state index contributed by atoms with van der Waals surface area (Å²) in [6, 6.07) is 48.5. The first-order chi connectivity index (χ1) is 22.4. The number of hydrogen-bond donors (Lipinski definition) is 0. The Morgan fingerprint density at radius 3 is 0.891 bits per heavy atom. The van der Waals surface area contributed by atoms with Crippen LogP contribution in [-0.4, -0.2) is 16.8 Å². The number of sulfone groups is 2. The van der Waals surface area contributed by atoms with Crippen LogP contribution in [0.4, 0.5) is 34.1 Å². The van der Waals surface area contributed by atoms with Crippen LogP contribution in [0.1, 0.15) is 11.1 Å². The summed E-state index contributed by atoms with van der Waals surface area (Å²) in [6.07, 6.45) is 0. The maximum absolute atomic E-state index is 14.3. The van der Waals surface area contributed by atoms with E-state index in [0.717, 1.165) is 22.7 Å². The van der Waals surface area contributed by atoms with Gasteiger partial charge in [0, 0.05) is 45.3 Å². The van der Waals surface area contributed by atoms with Crippen LogP contribution in [0.15, 0.2) is 168 Å². The Bertz CT molecular complexity index is 2130. The quantitative estimate of drug-likeness (QED) is 0.181. The molecule has 0 aliphatic carbocycles. The van der Waals surface area contributed by atoms with Crippen LogP contribution in [0.25, 0.3) is 9.81 Å². The average molecular weight is 639 g/mol. The molecule has 0 fully saturated rings. The molecule has 0 saturated carbocycles. The summed E-state index contributed by atoms with van der Waals surface area (Å²) in [5, 5.41) is 0. The van der Waals surface area contributed by atoms with Crippen LogP contribution in [0.5, 0.6) is 0 Å². The fraction of sp³-hybridized carbons (Fsp3) is 0. The summed E-state index contributed by atoms with van der Waals surface area (Å²) >= 11 is 0. The molecule has 46 heavy (non-hydrogen) atoms. The van der Waals surface area contributed by atoms with E-state index in [4.69, 9.17) is 0 Å². The van der Waals surface area contributed by atoms with Crippen molar-refractivity contribution in [3.63, 3.8) is 0 Å². The minimum absolute atomic E-state index is 0.0136. The molecule has 6 aromatic rings. The molecule has 224 valence electrons. The number of nitrogens with zero attached hydrogens (tertiary/aromatic N) is 2. The lowest BCUT2D eigenvalue weighted by atomic mass is 10.1. The van der Waals surface area contributed by atoms with Crippen LogP contribution in [-0.2, 0) is 19.7 Å². The van der Waals surface area contributed by atoms with Gasteiger partial charge in [0.2, 0.25) is 19.7 Å². The molecule has 0 N–H and O–H groups in total. The smallest absolute Gasteiger partial charge is 0.209 e. The van der Waals surface area contributed by atoms with Gasteiger partial charge in [-0.3, -0.25) is 0 Å². The van der Waals surface area contributed by atoms with Gasteiger partial charge in [-0.25, -0.2) is 16.8 Å². The molecular weight excluding hydrogens is 613 g/mol. The third-order valence-corrected chi connectivity index (χ3v) is 12.2. The van der Waals surface area contributed by atoms with Crippen LogP contribution >= 0.6 is 0 Å². The Hall–Kier alpha value is -5.44. The molecule has 0 radical (unpaired) electrons. The minimum atomic E-state index is -4.17. The number of fused-ring (bicyclic) bond motifs is 4. The first kappa shape index (κ1) is 28.1. The van der Waals surface area contributed by atoms with E-state index in [-0.39, 0.29) is 30.7 Å². The lowest BCUT2D eigenvalue weighted by Crippen LogP contribution is -2.12. The predicted molar refractivity (Wildman–Crippen MR) is 183 cm³/mol. The Morgan fingerprint density at radius 2 is 0.609 bits per heavy atom. The highest BCUT2D eigenvalue weighted by Gasteiger charge is 2.49. The second-order valence-corrected chi connectivity index (χ2v) is 14.7. The SMILES string of the molecule is O=S1(=O)C2=C(c3ccc(N(c4ccccc4)c4ccccc4)cc31)S(=O)(=O)c1cc(N(c3ccccc3)c3ccccc3)ccc12. The van der Waals surface area contributed by atoms with Crippen molar-refractivity contribution in [2.45, 2.75) is 9.79 Å². The predicted octanol–water partition coefficient (Wildman–Crippen LogP) is 9.03. The molecule has 2 aliphatic heterocycles. The summed E-state index contributed by atoms with van der Waals surface area (Å²) in [6.45, 7) is 0. The largest absolute Gasteiger partial charge is 0.310 e. The number of anilines is 6. The first-order valence-electron chi connectivity index (χ1n) is 14.7. The highest BCUT2D eigenvalue weighted by atomic mass is 32.2. The van der Waals surface area contributed by atoms with E-state index >= 15 is 0 Å². The van der Waals surface area contributed by atoms with Crippen molar-refractivity contribution in [1.82, 2.24) is 0 Å². The van der Waals surface area contributed by atoms with Crippen molar-refractivity contribution in [3.05, 3.63) is 169 Å². The highest BCUT2D eigenvalue weighted by Crippen LogP contribution is 2.56. The van der Waals surface area contributed by atoms with E-state index in [2.05, 4.69) is 0 Å². The molecule has 0 aromatic heterocycles. The van der Waals surface area contributed by atoms with Gasteiger partial charge < -0.3 is 9.80 Å². The molecule has 2 heterocycles. The third kappa shape index (κ3) is 4.29. The number of para-hydroxylation sites is 4. The summed E-state index contributed by atoms with van der Waals surface area (Å²) in [7, 11) is -8.33. The summed E-state index contributed by atoms with van der Waals surface area (Å²) in [5.74, 6) is 0. The zero-order valence-electron chi connectivity index (χ0n) is 24.4. The Balaban J connectivity index is 1.25. The first-order valence-corrected chi connectivity index (χ1v) is 17.7. The number of benzene rings is 6. The highest BCUT2D eigenvalue weighted by molar-refractivity contribution is 8.08. The van der Waals surface area contributed by atoms with E-state index in [9.17, 15) is 16.8 Å². The van der Waals surface area contributed by atoms with Crippen molar-refractivity contribution in [2.24, 2.45) is 0 Å². The van der Waals surface area contributed by atoms with Gasteiger partial charge in [-0.1, -0.05) is 84.9 Å². The van der Waals surface area contributed by atoms with E-state index in [1.165, 1.54) is 0 Å². The Kier molecular flexibility index (Phi) is 6.45. The van der Waals surface area contributed by atoms with Crippen LogP contribution < -0.4 is 9.80 Å². The van der Waals surface area contributed by atoms with Crippen molar-refractivity contribution in [1.29, 1.82) is 0 Å². The van der Waals surface area contributed by atoms with Crippen LogP contribution in [0.3, 0.4) is 0 Å². The van der Waals surface area contributed by atoms with Crippen molar-refractivity contribution >= 4 is 63.6 Å². The molecule has 8 rings (SSSR count). The second kappa shape index (κ2) is 10.6. The molecule has 0 bridgehead atoms. The summed E-state index contributed by atoms with van der Waals surface area (Å²) in [4.78, 5) is 3.57. The summed E-state index contributed by atoms with van der Waals surface area (Å²) < 4.78 is 57.1.